The van der Waals surface area contributed by atoms with E-state index >= 15 is 0 Å². The lowest BCUT2D eigenvalue weighted by Gasteiger charge is -2.11. The van der Waals surface area contributed by atoms with Gasteiger partial charge in [0.25, 0.3) is 5.91 Å². The Labute approximate surface area is 185 Å². The first kappa shape index (κ1) is 19.8. The van der Waals surface area contributed by atoms with Crippen LogP contribution in [0, 0.1) is 0 Å². The zero-order valence-corrected chi connectivity index (χ0v) is 17.9. The predicted octanol–water partition coefficient (Wildman–Crippen LogP) is 6.11. The van der Waals surface area contributed by atoms with E-state index in [1.165, 1.54) is 6.08 Å². The SMILES string of the molecule is O=C1N/C(=C\c2ccc(-c3ccc(Cl)c(Cl)c3)o2)C(=O)N1Cc1ccc(Br)cc1. The zero-order chi connectivity index (χ0) is 20.5. The van der Waals surface area contributed by atoms with Crippen molar-refractivity contribution in [1.82, 2.24) is 10.2 Å². The highest BCUT2D eigenvalue weighted by Crippen LogP contribution is 2.30. The maximum absolute atomic E-state index is 12.6. The van der Waals surface area contributed by atoms with Gasteiger partial charge >= 0.3 is 6.03 Å². The summed E-state index contributed by atoms with van der Waals surface area (Å²) >= 11 is 15.3. The molecule has 1 aromatic heterocycles. The van der Waals surface area contributed by atoms with Crippen LogP contribution in [0.25, 0.3) is 17.4 Å². The van der Waals surface area contributed by atoms with Crippen molar-refractivity contribution in [3.05, 3.63) is 86.1 Å². The van der Waals surface area contributed by atoms with Gasteiger partial charge in [-0.15, -0.1) is 0 Å². The number of carbonyl (C=O) groups excluding carboxylic acids is 2. The Hall–Kier alpha value is -2.54. The molecule has 1 aliphatic heterocycles. The maximum Gasteiger partial charge on any atom is 0.329 e. The average molecular weight is 492 g/mol. The third-order valence-corrected chi connectivity index (χ3v) is 5.60. The number of furan rings is 1. The van der Waals surface area contributed by atoms with Gasteiger partial charge in [-0.05, 0) is 48.0 Å². The minimum Gasteiger partial charge on any atom is -0.457 e. The lowest BCUT2D eigenvalue weighted by atomic mass is 10.2. The van der Waals surface area contributed by atoms with Crippen molar-refractivity contribution < 1.29 is 14.0 Å². The van der Waals surface area contributed by atoms with Crippen LogP contribution < -0.4 is 5.32 Å². The summed E-state index contributed by atoms with van der Waals surface area (Å²) in [6.45, 7) is 0.183. The monoisotopic (exact) mass is 490 g/mol. The number of nitrogens with zero attached hydrogens (tertiary/aromatic N) is 1. The van der Waals surface area contributed by atoms with Crippen LogP contribution in [0.5, 0.6) is 0 Å². The number of amides is 3. The summed E-state index contributed by atoms with van der Waals surface area (Å²) in [4.78, 5) is 26.0. The molecule has 0 radical (unpaired) electrons. The number of nitrogens with one attached hydrogen (secondary N) is 1. The molecule has 0 bridgehead atoms. The van der Waals surface area contributed by atoms with Crippen molar-refractivity contribution in [2.45, 2.75) is 6.54 Å². The van der Waals surface area contributed by atoms with Gasteiger partial charge in [0.1, 0.15) is 17.2 Å². The second-order valence-electron chi connectivity index (χ2n) is 6.34. The van der Waals surface area contributed by atoms with E-state index in [1.807, 2.05) is 24.3 Å². The van der Waals surface area contributed by atoms with E-state index in [0.29, 0.717) is 21.6 Å². The van der Waals surface area contributed by atoms with E-state index in [4.69, 9.17) is 27.6 Å². The largest absolute Gasteiger partial charge is 0.457 e. The lowest BCUT2D eigenvalue weighted by Crippen LogP contribution is -2.30. The Bertz CT molecular complexity index is 1140. The number of hydrogen-bond donors (Lipinski definition) is 1. The summed E-state index contributed by atoms with van der Waals surface area (Å²) in [7, 11) is 0. The summed E-state index contributed by atoms with van der Waals surface area (Å²) in [6.07, 6.45) is 1.50. The van der Waals surface area contributed by atoms with Crippen molar-refractivity contribution in [3.8, 4) is 11.3 Å². The highest BCUT2D eigenvalue weighted by atomic mass is 79.9. The molecule has 3 amide bonds. The van der Waals surface area contributed by atoms with Crippen LogP contribution in [0.15, 0.2) is 69.2 Å². The molecule has 5 nitrogen and oxygen atoms in total. The van der Waals surface area contributed by atoms with Crippen LogP contribution in [0.2, 0.25) is 10.0 Å². The van der Waals surface area contributed by atoms with E-state index < -0.39 is 11.9 Å². The molecule has 8 heteroatoms. The standard InChI is InChI=1S/C21H13BrCl2N2O3/c22-14-4-1-12(2-5-14)11-26-20(27)18(25-21(26)28)10-15-6-8-19(29-15)13-3-7-16(23)17(24)9-13/h1-10H,11H2,(H,25,28)/b18-10-. The Morgan fingerprint density at radius 3 is 2.48 bits per heavy atom. The summed E-state index contributed by atoms with van der Waals surface area (Å²) in [5.74, 6) is 0.588. The molecule has 1 saturated heterocycles. The molecule has 0 saturated carbocycles. The molecule has 2 aromatic carbocycles. The average Bonchev–Trinajstić information content (AvgIpc) is 3.26. The predicted molar refractivity (Wildman–Crippen MR) is 115 cm³/mol. The van der Waals surface area contributed by atoms with Crippen LogP contribution >= 0.6 is 39.1 Å². The molecular weight excluding hydrogens is 479 g/mol. The minimum atomic E-state index is -0.472. The Morgan fingerprint density at radius 2 is 1.76 bits per heavy atom. The number of urea groups is 1. The highest BCUT2D eigenvalue weighted by molar-refractivity contribution is 9.10. The fraction of sp³-hybridized carbons (Fsp3) is 0.0476. The molecule has 3 aromatic rings. The first-order valence-electron chi connectivity index (χ1n) is 8.55. The zero-order valence-electron chi connectivity index (χ0n) is 14.8. The Morgan fingerprint density at radius 1 is 1.00 bits per heavy atom. The van der Waals surface area contributed by atoms with E-state index in [-0.39, 0.29) is 12.2 Å². The third-order valence-electron chi connectivity index (χ3n) is 4.33. The second kappa shape index (κ2) is 8.06. The van der Waals surface area contributed by atoms with Crippen LogP contribution in [0.1, 0.15) is 11.3 Å². The van der Waals surface area contributed by atoms with Crippen molar-refractivity contribution >= 4 is 57.1 Å². The summed E-state index contributed by atoms with van der Waals surface area (Å²) < 4.78 is 6.70. The van der Waals surface area contributed by atoms with Gasteiger partial charge in [0.15, 0.2) is 0 Å². The fourth-order valence-corrected chi connectivity index (χ4v) is 3.43. The van der Waals surface area contributed by atoms with Gasteiger partial charge in [0.2, 0.25) is 0 Å². The number of rotatable bonds is 4. The normalized spacial score (nSPS) is 15.3. The van der Waals surface area contributed by atoms with Crippen molar-refractivity contribution in [2.75, 3.05) is 0 Å². The molecule has 2 heterocycles. The molecule has 0 unspecified atom stereocenters. The molecule has 0 atom stereocenters. The lowest BCUT2D eigenvalue weighted by molar-refractivity contribution is -0.123. The number of hydrogen-bond acceptors (Lipinski definition) is 3. The van der Waals surface area contributed by atoms with Crippen LogP contribution in [0.4, 0.5) is 4.79 Å². The van der Waals surface area contributed by atoms with Gasteiger partial charge in [0, 0.05) is 16.1 Å². The molecule has 1 fully saturated rings. The van der Waals surface area contributed by atoms with Gasteiger partial charge in [-0.25, -0.2) is 4.79 Å². The van der Waals surface area contributed by atoms with Gasteiger partial charge in [-0.2, -0.15) is 0 Å². The van der Waals surface area contributed by atoms with E-state index in [9.17, 15) is 9.59 Å². The Kier molecular flexibility index (Phi) is 5.50. The molecule has 29 heavy (non-hydrogen) atoms. The molecule has 4 rings (SSSR count). The molecule has 146 valence electrons. The minimum absolute atomic E-state index is 0.155. The van der Waals surface area contributed by atoms with Gasteiger partial charge in [-0.1, -0.05) is 51.3 Å². The molecule has 1 aliphatic rings. The number of benzene rings is 2. The Balaban J connectivity index is 1.53. The van der Waals surface area contributed by atoms with Gasteiger partial charge in [0.05, 0.1) is 16.6 Å². The topological polar surface area (TPSA) is 62.6 Å². The first-order chi connectivity index (χ1) is 13.9. The van der Waals surface area contributed by atoms with Crippen LogP contribution in [-0.4, -0.2) is 16.8 Å². The van der Waals surface area contributed by atoms with Gasteiger partial charge in [-0.3, -0.25) is 9.69 Å². The summed E-state index contributed by atoms with van der Waals surface area (Å²) in [5, 5.41) is 3.46. The number of carbonyl (C=O) groups is 2. The van der Waals surface area contributed by atoms with Crippen molar-refractivity contribution in [2.24, 2.45) is 0 Å². The van der Waals surface area contributed by atoms with Crippen LogP contribution in [-0.2, 0) is 11.3 Å². The number of halogens is 3. The molecule has 0 aliphatic carbocycles. The van der Waals surface area contributed by atoms with E-state index in [0.717, 1.165) is 20.5 Å². The van der Waals surface area contributed by atoms with E-state index in [1.54, 1.807) is 30.3 Å². The third kappa shape index (κ3) is 4.24. The fourth-order valence-electron chi connectivity index (χ4n) is 2.86. The van der Waals surface area contributed by atoms with Crippen LogP contribution in [0.3, 0.4) is 0 Å². The highest BCUT2D eigenvalue weighted by Gasteiger charge is 2.33. The van der Waals surface area contributed by atoms with Crippen molar-refractivity contribution in [3.63, 3.8) is 0 Å². The first-order valence-corrected chi connectivity index (χ1v) is 10.1. The smallest absolute Gasteiger partial charge is 0.329 e. The summed E-state index contributed by atoms with van der Waals surface area (Å²) in [5.41, 5.74) is 1.75. The quantitative estimate of drug-likeness (QED) is 0.353. The molecule has 1 N–H and O–H groups in total. The molecule has 0 spiro atoms. The van der Waals surface area contributed by atoms with Gasteiger partial charge < -0.3 is 9.73 Å². The second-order valence-corrected chi connectivity index (χ2v) is 8.07. The summed E-state index contributed by atoms with van der Waals surface area (Å²) in [6, 6.07) is 15.6. The van der Waals surface area contributed by atoms with E-state index in [2.05, 4.69) is 21.2 Å². The number of imide groups is 1. The van der Waals surface area contributed by atoms with Crippen molar-refractivity contribution in [1.29, 1.82) is 0 Å². The maximum atomic E-state index is 12.6. The molecular formula is C21H13BrCl2N2O3.